The fourth-order valence-electron chi connectivity index (χ4n) is 16.8. The molecule has 7 heterocycles. The zero-order chi connectivity index (χ0) is 85.7. The monoisotopic (exact) mass is 1680 g/mol. The number of Topliss-reactive ketones (excluding diaryl/α,β-unsaturated/α-hetero) is 2. The van der Waals surface area contributed by atoms with Crippen LogP contribution < -0.4 is 11.1 Å². The van der Waals surface area contributed by atoms with Crippen molar-refractivity contribution >= 4 is 63.9 Å². The Morgan fingerprint density at radius 3 is 2.11 bits per heavy atom. The third-order valence-corrected chi connectivity index (χ3v) is 24.0. The number of alkyl carbamates (subject to hydrolysis) is 1. The number of hydrogen-bond acceptors (Lipinski definition) is 25. The number of ether oxygens (including phenoxy) is 10. The second kappa shape index (κ2) is 51.2. The van der Waals surface area contributed by atoms with Crippen LogP contribution in [0.1, 0.15) is 173 Å². The van der Waals surface area contributed by atoms with Gasteiger partial charge < -0.3 is 77.7 Å². The number of hydrogen-bond donors (Lipinski definition) is 3. The number of amides is 3. The first-order chi connectivity index (χ1) is 58.8. The van der Waals surface area contributed by atoms with E-state index in [0.717, 1.165) is 156 Å². The topological polar surface area (TPSA) is 336 Å². The number of allylic oxidation sites excluding steroid dienone is 6. The number of piperazine rings is 1. The summed E-state index contributed by atoms with van der Waals surface area (Å²) in [5, 5.41) is 19.6. The summed E-state index contributed by atoms with van der Waals surface area (Å²) in [6.45, 7) is 26.9. The molecular formula is C92H135N11O18. The van der Waals surface area contributed by atoms with Crippen molar-refractivity contribution in [1.82, 2.24) is 49.6 Å². The first-order valence-corrected chi connectivity index (χ1v) is 44.4. The number of likely N-dealkylation sites (tertiary alicyclic amines) is 1. The van der Waals surface area contributed by atoms with E-state index in [1.165, 1.54) is 11.9 Å². The third-order valence-electron chi connectivity index (χ3n) is 24.0. The summed E-state index contributed by atoms with van der Waals surface area (Å²) in [7, 11) is 1.67. The Labute approximate surface area is 714 Å². The number of anilines is 1. The van der Waals surface area contributed by atoms with Gasteiger partial charge in [0, 0.05) is 110 Å². The molecule has 4 N–H and O–H groups in total. The predicted octanol–water partition coefficient (Wildman–Crippen LogP) is 11.5. The van der Waals surface area contributed by atoms with Crippen molar-refractivity contribution in [3.05, 3.63) is 113 Å². The zero-order valence-corrected chi connectivity index (χ0v) is 72.8. The quantitative estimate of drug-likeness (QED) is 0.0107. The molecule has 5 aliphatic rings. The molecule has 8 atom stereocenters. The smallest absolute Gasteiger partial charge is 0.407 e. The van der Waals surface area contributed by atoms with Gasteiger partial charge in [0.15, 0.2) is 17.1 Å². The van der Waals surface area contributed by atoms with Crippen LogP contribution in [-0.4, -0.2) is 274 Å². The molecule has 29 heteroatoms. The summed E-state index contributed by atoms with van der Waals surface area (Å²) in [4.78, 5) is 98.4. The number of aliphatic hydroxyl groups excluding tert-OH is 1. The zero-order valence-electron chi connectivity index (χ0n) is 72.8. The number of aromatic nitrogens is 5. The van der Waals surface area contributed by atoms with Gasteiger partial charge in [-0.15, -0.1) is 0 Å². The number of benzene rings is 2. The van der Waals surface area contributed by atoms with Crippen molar-refractivity contribution in [3.8, 4) is 11.3 Å². The molecule has 1 aliphatic carbocycles. The molecule has 2 aromatic carbocycles. The fourth-order valence-corrected chi connectivity index (χ4v) is 16.8. The van der Waals surface area contributed by atoms with Crippen LogP contribution >= 0.6 is 0 Å². The van der Waals surface area contributed by atoms with Crippen LogP contribution in [0.4, 0.5) is 10.6 Å². The first kappa shape index (κ1) is 95.0. The minimum atomic E-state index is -0.877. The first-order valence-electron chi connectivity index (χ1n) is 44.4. The highest BCUT2D eigenvalue weighted by Crippen LogP contribution is 2.35. The second-order valence-electron chi connectivity index (χ2n) is 33.4. The van der Waals surface area contributed by atoms with E-state index in [0.29, 0.717) is 197 Å². The number of aryl methyl sites for hydroxylation is 1. The van der Waals surface area contributed by atoms with Gasteiger partial charge in [0.1, 0.15) is 47.5 Å². The van der Waals surface area contributed by atoms with Crippen LogP contribution in [0, 0.1) is 30.6 Å². The van der Waals surface area contributed by atoms with Crippen molar-refractivity contribution in [2.75, 3.05) is 158 Å². The van der Waals surface area contributed by atoms with Gasteiger partial charge in [-0.25, -0.2) is 24.4 Å². The lowest BCUT2D eigenvalue weighted by molar-refractivity contribution is -0.157. The number of methoxy groups -OCH3 is 1. The minimum Gasteiger partial charge on any atom is -0.465 e. The van der Waals surface area contributed by atoms with E-state index in [-0.39, 0.29) is 60.3 Å². The van der Waals surface area contributed by atoms with Crippen molar-refractivity contribution < 1.29 is 85.7 Å². The molecule has 4 fully saturated rings. The molecule has 10 rings (SSSR count). The summed E-state index contributed by atoms with van der Waals surface area (Å²) in [5.74, 6) is 0.672. The molecule has 5 aromatic rings. The maximum absolute atomic E-state index is 13.3. The summed E-state index contributed by atoms with van der Waals surface area (Å²) < 4.78 is 65.4. The number of carbonyl (C=O) groups is 6. The number of rotatable bonds is 52. The SMILES string of the molecule is CO[C@@H](CC1CCCC(C(=O)C(=O)N2CCCCC2)O1)/C(C)=C/C=C/C=C/[C@@H](C)C[C@@H](C)C(=O)C[C@H](O)/C(C)=C/[C@@H](C)CC[C@@H](CCC1CCC(OC(=O)NCCOCCOCCN2CCN(CCOCCOCCOCCOCCC(=O)N3CCc4cc(Cn5nc(-c6ccc7oc(C)nc7c6)c6c(N)ncnc65)ccc4C3)CC2)CC1)OC=O. The number of oxazole rings is 1. The van der Waals surface area contributed by atoms with Gasteiger partial charge in [-0.2, -0.15) is 5.10 Å². The number of nitrogens with zero attached hydrogens (tertiary/aromatic N) is 9. The van der Waals surface area contributed by atoms with Gasteiger partial charge in [0.2, 0.25) is 11.7 Å². The number of aliphatic hydroxyl groups is 1. The summed E-state index contributed by atoms with van der Waals surface area (Å²) in [6, 6.07) is 12.2. The van der Waals surface area contributed by atoms with Crippen LogP contribution in [0.15, 0.2) is 94.7 Å². The lowest BCUT2D eigenvalue weighted by Crippen LogP contribution is -2.48. The molecule has 4 aliphatic heterocycles. The van der Waals surface area contributed by atoms with Crippen LogP contribution in [0.3, 0.4) is 0 Å². The Bertz CT molecular complexity index is 4160. The van der Waals surface area contributed by atoms with Gasteiger partial charge >= 0.3 is 6.09 Å². The molecule has 29 nitrogen and oxygen atoms in total. The van der Waals surface area contributed by atoms with Crippen molar-refractivity contribution in [3.63, 3.8) is 0 Å². The van der Waals surface area contributed by atoms with Crippen molar-refractivity contribution in [2.45, 2.75) is 213 Å². The number of nitrogen functional groups attached to an aromatic ring is 1. The van der Waals surface area contributed by atoms with E-state index >= 15 is 0 Å². The standard InChI is InChI=1S/C92H135N11O18/c1-65(15-10-8-11-16-67(3)84(111-7)59-78-17-14-18-83(120-78)88(108)91(109)101-34-12-9-13-35-101)55-68(4)80(105)60-81(106)69(5)56-66(2)19-26-76(118-64-104)27-21-71-22-28-77(29-23-71)121-92(110)94-33-44-113-48-49-114-45-41-99-37-39-100(40-38-99)42-46-115-50-52-117-54-53-116-51-47-112-43-32-85(107)102-36-31-73-57-72(20-24-75(73)62-102)61-103-90-86(89(93)95-63-96-90)87(98-103)74-25-30-82-79(58-74)97-70(6)119-82/h8,10-11,15-16,20,24-25,30,56-58,63-66,68,71,76-78,81,83-84,106H,9,12-14,17-19,21-23,26-29,31-55,59-62H2,1-7H3,(H,94,110)(H2,93,95,96)/b11-8+,15-10+,67-16+,69-56+/t65-,66+,68-,71?,76+,77?,78?,81+,83?,84+/m1/s1. The second-order valence-corrected chi connectivity index (χ2v) is 33.4. The summed E-state index contributed by atoms with van der Waals surface area (Å²) in [6.07, 6.45) is 24.8. The average Bonchev–Trinajstić information content (AvgIpc) is 1.61. The van der Waals surface area contributed by atoms with Crippen molar-refractivity contribution in [2.24, 2.45) is 23.7 Å². The van der Waals surface area contributed by atoms with Gasteiger partial charge in [-0.05, 0) is 180 Å². The van der Waals surface area contributed by atoms with Gasteiger partial charge in [0.25, 0.3) is 12.4 Å². The van der Waals surface area contributed by atoms with E-state index in [2.05, 4.69) is 68.2 Å². The molecule has 0 radical (unpaired) electrons. The van der Waals surface area contributed by atoms with E-state index in [4.69, 9.17) is 62.6 Å². The van der Waals surface area contributed by atoms with Crippen molar-refractivity contribution in [1.29, 1.82) is 0 Å². The van der Waals surface area contributed by atoms with E-state index in [1.807, 2.05) is 85.9 Å². The Hall–Kier alpha value is -8.20. The highest BCUT2D eigenvalue weighted by molar-refractivity contribution is 6.37. The maximum Gasteiger partial charge on any atom is 0.407 e. The maximum atomic E-state index is 13.3. The molecule has 2 unspecified atom stereocenters. The molecular weight excluding hydrogens is 1550 g/mol. The highest BCUT2D eigenvalue weighted by atomic mass is 16.6. The normalized spacial score (nSPS) is 20.1. The molecule has 666 valence electrons. The van der Waals surface area contributed by atoms with Gasteiger partial charge in [0.05, 0.1) is 116 Å². The number of carbonyl (C=O) groups excluding carboxylic acids is 6. The van der Waals surface area contributed by atoms with E-state index in [1.54, 1.807) is 12.0 Å². The third kappa shape index (κ3) is 31.5. The molecule has 3 amide bonds. The Morgan fingerprint density at radius 2 is 1.40 bits per heavy atom. The minimum absolute atomic E-state index is 0.0201. The Morgan fingerprint density at radius 1 is 0.711 bits per heavy atom. The Balaban J connectivity index is 0.468. The highest BCUT2D eigenvalue weighted by Gasteiger charge is 2.36. The lowest BCUT2D eigenvalue weighted by atomic mass is 9.83. The van der Waals surface area contributed by atoms with E-state index < -0.39 is 30.0 Å². The lowest BCUT2D eigenvalue weighted by Gasteiger charge is -2.34. The molecule has 121 heavy (non-hydrogen) atoms. The van der Waals surface area contributed by atoms with Crippen LogP contribution in [0.2, 0.25) is 0 Å². The molecule has 3 saturated heterocycles. The molecule has 0 spiro atoms. The van der Waals surface area contributed by atoms with Gasteiger partial charge in [-0.1, -0.05) is 75.4 Å². The molecule has 3 aromatic heterocycles. The summed E-state index contributed by atoms with van der Waals surface area (Å²) >= 11 is 0. The summed E-state index contributed by atoms with van der Waals surface area (Å²) in [5.41, 5.74) is 15.2. The number of piperidine rings is 1. The predicted molar refractivity (Wildman–Crippen MR) is 461 cm³/mol. The van der Waals surface area contributed by atoms with Gasteiger partial charge in [-0.3, -0.25) is 33.8 Å². The largest absolute Gasteiger partial charge is 0.465 e. The molecule has 1 saturated carbocycles. The fraction of sp³-hybridized carbons (Fsp3) is 0.652. The number of nitrogens with two attached hydrogens (primary N) is 1. The van der Waals surface area contributed by atoms with Crippen LogP contribution in [0.5, 0.6) is 0 Å². The molecule has 0 bridgehead atoms. The number of ketones is 2. The Kier molecular flexibility index (Phi) is 40.2. The van der Waals surface area contributed by atoms with E-state index in [9.17, 15) is 33.9 Å². The van der Waals surface area contributed by atoms with Crippen LogP contribution in [0.25, 0.3) is 33.4 Å². The average molecular weight is 1680 g/mol. The van der Waals surface area contributed by atoms with Crippen LogP contribution in [-0.2, 0) is 90.9 Å². The number of fused-ring (bicyclic) bond motifs is 3. The number of nitrogens with one attached hydrogen (secondary N) is 1.